The van der Waals surface area contributed by atoms with E-state index < -0.39 is 5.91 Å². The van der Waals surface area contributed by atoms with Crippen LogP contribution in [0.2, 0.25) is 10.0 Å². The van der Waals surface area contributed by atoms with Crippen LogP contribution in [0.5, 0.6) is 0 Å². The van der Waals surface area contributed by atoms with E-state index in [0.717, 1.165) is 31.6 Å². The summed E-state index contributed by atoms with van der Waals surface area (Å²) in [7, 11) is 2.07. The van der Waals surface area contributed by atoms with E-state index in [1.165, 1.54) is 12.3 Å². The number of carbonyl (C=O) groups excluding carboxylic acids is 2. The van der Waals surface area contributed by atoms with Crippen molar-refractivity contribution in [3.8, 4) is 0 Å². The molecule has 1 fully saturated rings. The van der Waals surface area contributed by atoms with Gasteiger partial charge in [0.05, 0.1) is 22.4 Å². The van der Waals surface area contributed by atoms with Gasteiger partial charge in [0.25, 0.3) is 11.8 Å². The first-order valence-electron chi connectivity index (χ1n) is 11.5. The second kappa shape index (κ2) is 11.8. The first-order chi connectivity index (χ1) is 17.4. The fourth-order valence-corrected chi connectivity index (χ4v) is 4.51. The lowest BCUT2D eigenvalue weighted by Gasteiger charge is -2.28. The lowest BCUT2D eigenvalue weighted by molar-refractivity contribution is 0.102. The highest BCUT2D eigenvalue weighted by atomic mass is 35.5. The first kappa shape index (κ1) is 26.1. The molecule has 0 spiro atoms. The zero-order valence-corrected chi connectivity index (χ0v) is 21.3. The SMILES string of the molecule is CN1CCN(CCCO)C1c1ccc(C(=O)Nc2ccc(Cl)cc2C(=O)Nc2ccc(Cl)cn2)cc1. The van der Waals surface area contributed by atoms with Crippen molar-refractivity contribution in [2.75, 3.05) is 43.9 Å². The average molecular weight is 528 g/mol. The summed E-state index contributed by atoms with van der Waals surface area (Å²) < 4.78 is 0. The number of aromatic nitrogens is 1. The van der Waals surface area contributed by atoms with E-state index in [0.29, 0.717) is 27.1 Å². The molecule has 0 bridgehead atoms. The number of nitrogens with zero attached hydrogens (tertiary/aromatic N) is 3. The maximum Gasteiger partial charge on any atom is 0.258 e. The predicted molar refractivity (Wildman–Crippen MR) is 142 cm³/mol. The maximum atomic E-state index is 13.0. The number of nitrogens with one attached hydrogen (secondary N) is 2. The summed E-state index contributed by atoms with van der Waals surface area (Å²) in [4.78, 5) is 34.6. The van der Waals surface area contributed by atoms with Crippen molar-refractivity contribution in [2.45, 2.75) is 12.6 Å². The van der Waals surface area contributed by atoms with Gasteiger partial charge in [0.15, 0.2) is 0 Å². The van der Waals surface area contributed by atoms with Crippen LogP contribution in [0.1, 0.15) is 38.9 Å². The Morgan fingerprint density at radius 2 is 1.75 bits per heavy atom. The van der Waals surface area contributed by atoms with Gasteiger partial charge < -0.3 is 15.7 Å². The Morgan fingerprint density at radius 3 is 2.44 bits per heavy atom. The molecule has 1 saturated heterocycles. The van der Waals surface area contributed by atoms with Crippen molar-refractivity contribution < 1.29 is 14.7 Å². The fraction of sp³-hybridized carbons (Fsp3) is 0.269. The summed E-state index contributed by atoms with van der Waals surface area (Å²) in [5.41, 5.74) is 2.07. The van der Waals surface area contributed by atoms with Crippen LogP contribution in [0.25, 0.3) is 0 Å². The van der Waals surface area contributed by atoms with Gasteiger partial charge in [0, 0.05) is 43.0 Å². The van der Waals surface area contributed by atoms with Crippen molar-refractivity contribution >= 4 is 46.5 Å². The normalized spacial score (nSPS) is 16.2. The Bertz CT molecular complexity index is 1220. The van der Waals surface area contributed by atoms with E-state index in [-0.39, 0.29) is 24.2 Å². The number of aliphatic hydroxyl groups excluding tert-OH is 1. The van der Waals surface area contributed by atoms with Crippen molar-refractivity contribution in [3.63, 3.8) is 0 Å². The zero-order chi connectivity index (χ0) is 25.7. The molecule has 10 heteroatoms. The molecule has 0 aliphatic carbocycles. The molecule has 1 atom stereocenters. The Morgan fingerprint density at radius 1 is 1.00 bits per heavy atom. The number of pyridine rings is 1. The summed E-state index contributed by atoms with van der Waals surface area (Å²) in [6.07, 6.45) is 2.24. The van der Waals surface area contributed by atoms with Crippen LogP contribution in [0, 0.1) is 0 Å². The third kappa shape index (κ3) is 6.21. The van der Waals surface area contributed by atoms with Gasteiger partial charge in [-0.05, 0) is 61.5 Å². The van der Waals surface area contributed by atoms with Gasteiger partial charge in [-0.15, -0.1) is 0 Å². The van der Waals surface area contributed by atoms with E-state index in [4.69, 9.17) is 23.2 Å². The number of carbonyl (C=O) groups is 2. The standard InChI is InChI=1S/C26H27Cl2N5O3/c1-32-12-13-33(11-2-14-34)26(32)18-5-3-17(4-6-18)24(35)30-22-9-7-19(27)15-21(22)25(36)31-23-10-8-20(28)16-29-23/h3-10,15-16,26,34H,2,11-14H2,1H3,(H,30,35)(H,29,31,36). The number of benzene rings is 2. The highest BCUT2D eigenvalue weighted by molar-refractivity contribution is 6.31. The van der Waals surface area contributed by atoms with Crippen molar-refractivity contribution in [1.82, 2.24) is 14.8 Å². The Kier molecular flexibility index (Phi) is 8.56. The number of hydrogen-bond acceptors (Lipinski definition) is 6. The molecule has 0 radical (unpaired) electrons. The maximum absolute atomic E-state index is 13.0. The summed E-state index contributed by atoms with van der Waals surface area (Å²) >= 11 is 12.0. The van der Waals surface area contributed by atoms with Crippen LogP contribution in [-0.4, -0.2) is 65.0 Å². The van der Waals surface area contributed by atoms with Gasteiger partial charge in [0.2, 0.25) is 0 Å². The van der Waals surface area contributed by atoms with E-state index in [2.05, 4.69) is 32.5 Å². The minimum atomic E-state index is -0.467. The molecule has 188 valence electrons. The topological polar surface area (TPSA) is 97.8 Å². The fourth-order valence-electron chi connectivity index (χ4n) is 4.23. The zero-order valence-electron chi connectivity index (χ0n) is 19.7. The minimum Gasteiger partial charge on any atom is -0.396 e. The third-order valence-electron chi connectivity index (χ3n) is 6.02. The molecule has 2 amide bonds. The van der Waals surface area contributed by atoms with Crippen LogP contribution in [0.15, 0.2) is 60.8 Å². The molecule has 0 saturated carbocycles. The summed E-state index contributed by atoms with van der Waals surface area (Å²) in [5, 5.41) is 15.5. The van der Waals surface area contributed by atoms with Crippen molar-refractivity contribution in [3.05, 3.63) is 87.5 Å². The number of rotatable bonds is 8. The van der Waals surface area contributed by atoms with E-state index >= 15 is 0 Å². The van der Waals surface area contributed by atoms with Crippen LogP contribution < -0.4 is 10.6 Å². The van der Waals surface area contributed by atoms with E-state index in [9.17, 15) is 14.7 Å². The molecule has 1 aliphatic rings. The summed E-state index contributed by atoms with van der Waals surface area (Å²) in [5.74, 6) is -0.494. The molecule has 2 heterocycles. The summed E-state index contributed by atoms with van der Waals surface area (Å²) in [6, 6.07) is 15.3. The minimum absolute atomic E-state index is 0.0988. The Hall–Kier alpha value is -3.01. The molecule has 4 rings (SSSR count). The number of halogens is 2. The number of amides is 2. The number of likely N-dealkylation sites (N-methyl/N-ethyl adjacent to an activating group) is 1. The molecular formula is C26H27Cl2N5O3. The predicted octanol–water partition coefficient (Wildman–Crippen LogP) is 4.52. The summed E-state index contributed by atoms with van der Waals surface area (Å²) in [6.45, 7) is 2.83. The number of anilines is 2. The highest BCUT2D eigenvalue weighted by Crippen LogP contribution is 2.29. The van der Waals surface area contributed by atoms with Crippen molar-refractivity contribution in [2.24, 2.45) is 0 Å². The van der Waals surface area contributed by atoms with Crippen LogP contribution in [-0.2, 0) is 0 Å². The first-order valence-corrected chi connectivity index (χ1v) is 12.3. The Balaban J connectivity index is 1.48. The third-order valence-corrected chi connectivity index (χ3v) is 6.48. The molecule has 3 aromatic rings. The molecule has 1 aliphatic heterocycles. The number of hydrogen-bond donors (Lipinski definition) is 3. The van der Waals surface area contributed by atoms with Crippen molar-refractivity contribution in [1.29, 1.82) is 0 Å². The molecule has 3 N–H and O–H groups in total. The van der Waals surface area contributed by atoms with Gasteiger partial charge in [-0.2, -0.15) is 0 Å². The molecule has 36 heavy (non-hydrogen) atoms. The molecular weight excluding hydrogens is 501 g/mol. The van der Waals surface area contributed by atoms with Gasteiger partial charge in [-0.1, -0.05) is 35.3 Å². The van der Waals surface area contributed by atoms with Gasteiger partial charge in [0.1, 0.15) is 5.82 Å². The van der Waals surface area contributed by atoms with Gasteiger partial charge >= 0.3 is 0 Å². The lowest BCUT2D eigenvalue weighted by atomic mass is 10.1. The molecule has 1 unspecified atom stereocenters. The van der Waals surface area contributed by atoms with Crippen LogP contribution >= 0.6 is 23.2 Å². The van der Waals surface area contributed by atoms with Gasteiger partial charge in [-0.25, -0.2) is 4.98 Å². The largest absolute Gasteiger partial charge is 0.396 e. The number of aliphatic hydroxyl groups is 1. The van der Waals surface area contributed by atoms with Crippen LogP contribution in [0.3, 0.4) is 0 Å². The van der Waals surface area contributed by atoms with Gasteiger partial charge in [-0.3, -0.25) is 19.4 Å². The van der Waals surface area contributed by atoms with E-state index in [1.807, 2.05) is 12.1 Å². The molecule has 8 nitrogen and oxygen atoms in total. The lowest BCUT2D eigenvalue weighted by Crippen LogP contribution is -2.30. The second-order valence-corrected chi connectivity index (χ2v) is 9.42. The Labute approximate surface area is 219 Å². The smallest absolute Gasteiger partial charge is 0.258 e. The molecule has 2 aromatic carbocycles. The average Bonchev–Trinajstić information content (AvgIpc) is 3.25. The van der Waals surface area contributed by atoms with Crippen LogP contribution in [0.4, 0.5) is 11.5 Å². The quantitative estimate of drug-likeness (QED) is 0.398. The molecule has 1 aromatic heterocycles. The second-order valence-electron chi connectivity index (χ2n) is 8.55. The van der Waals surface area contributed by atoms with E-state index in [1.54, 1.807) is 36.4 Å². The monoisotopic (exact) mass is 527 g/mol. The highest BCUT2D eigenvalue weighted by Gasteiger charge is 2.30.